The molecule has 0 saturated heterocycles. The molecule has 1 aliphatic rings. The first kappa shape index (κ1) is 21.1. The second-order valence-electron chi connectivity index (χ2n) is 7.07. The van der Waals surface area contributed by atoms with Crippen LogP contribution in [0, 0.1) is 0 Å². The van der Waals surface area contributed by atoms with Gasteiger partial charge >= 0.3 is 6.09 Å². The number of halogens is 1. The molecule has 160 valence electrons. The van der Waals surface area contributed by atoms with Gasteiger partial charge in [0.1, 0.15) is 6.10 Å². The van der Waals surface area contributed by atoms with Crippen molar-refractivity contribution in [3.63, 3.8) is 0 Å². The molecule has 1 N–H and O–H groups in total. The molecule has 2 heterocycles. The molecule has 4 rings (SSSR count). The van der Waals surface area contributed by atoms with Gasteiger partial charge in [0.2, 0.25) is 0 Å². The number of hydrogen-bond donors (Lipinski definition) is 1. The third kappa shape index (κ3) is 4.81. The van der Waals surface area contributed by atoms with Crippen LogP contribution in [0.5, 0.6) is 0 Å². The number of carbonyl (C=O) groups excluding carboxylic acids is 1. The highest BCUT2D eigenvalue weighted by atomic mass is 35.5. The van der Waals surface area contributed by atoms with Crippen LogP contribution in [0.1, 0.15) is 11.1 Å². The third-order valence-electron chi connectivity index (χ3n) is 4.91. The average molecular weight is 458 g/mol. The molecule has 0 unspecified atom stereocenters. The van der Waals surface area contributed by atoms with Gasteiger partial charge in [0.15, 0.2) is 0 Å². The molecular weight excluding hydrogens is 438 g/mol. The fourth-order valence-corrected chi connectivity index (χ4v) is 5.09. The van der Waals surface area contributed by atoms with Gasteiger partial charge in [0.05, 0.1) is 17.1 Å². The minimum Gasteiger partial charge on any atom is -0.444 e. The van der Waals surface area contributed by atoms with E-state index in [0.29, 0.717) is 17.1 Å². The Morgan fingerprint density at radius 1 is 1.13 bits per heavy atom. The molecule has 1 aliphatic heterocycles. The van der Waals surface area contributed by atoms with Crippen LogP contribution < -0.4 is 9.62 Å². The van der Waals surface area contributed by atoms with Gasteiger partial charge in [-0.1, -0.05) is 35.9 Å². The number of amides is 1. The Bertz CT molecular complexity index is 1170. The lowest BCUT2D eigenvalue weighted by molar-refractivity contribution is 0.0997. The van der Waals surface area contributed by atoms with Gasteiger partial charge in [0, 0.05) is 30.4 Å². The maximum absolute atomic E-state index is 13.3. The van der Waals surface area contributed by atoms with Crippen LogP contribution in [0.25, 0.3) is 0 Å². The van der Waals surface area contributed by atoms with E-state index in [1.807, 2.05) is 18.2 Å². The van der Waals surface area contributed by atoms with E-state index in [1.54, 1.807) is 30.6 Å². The SMILES string of the molecule is O=C(NCc1cccnc1)O[C@H]1Cc2ccccc2N(S(=O)(=O)c2ccc(Cl)cc2)C1. The van der Waals surface area contributed by atoms with Crippen LogP contribution in [-0.4, -0.2) is 32.1 Å². The van der Waals surface area contributed by atoms with Crippen molar-refractivity contribution in [3.05, 3.63) is 89.2 Å². The van der Waals surface area contributed by atoms with E-state index >= 15 is 0 Å². The molecule has 9 heteroatoms. The second kappa shape index (κ2) is 8.95. The van der Waals surface area contributed by atoms with Crippen molar-refractivity contribution in [2.75, 3.05) is 10.8 Å². The van der Waals surface area contributed by atoms with Gasteiger partial charge in [-0.15, -0.1) is 0 Å². The molecule has 0 fully saturated rings. The number of rotatable bonds is 5. The highest BCUT2D eigenvalue weighted by molar-refractivity contribution is 7.92. The lowest BCUT2D eigenvalue weighted by Crippen LogP contribution is -2.45. The Hall–Kier alpha value is -3.10. The number of alkyl carbamates (subject to hydrolysis) is 1. The number of ether oxygens (including phenoxy) is 1. The maximum atomic E-state index is 13.3. The first-order valence-electron chi connectivity index (χ1n) is 9.63. The average Bonchev–Trinajstić information content (AvgIpc) is 2.78. The summed E-state index contributed by atoms with van der Waals surface area (Å²) >= 11 is 5.91. The number of para-hydroxylation sites is 1. The van der Waals surface area contributed by atoms with Crippen LogP contribution in [0.4, 0.5) is 10.5 Å². The summed E-state index contributed by atoms with van der Waals surface area (Å²) in [6, 6.07) is 16.8. The van der Waals surface area contributed by atoms with E-state index in [2.05, 4.69) is 10.3 Å². The van der Waals surface area contributed by atoms with Crippen molar-refractivity contribution in [2.45, 2.75) is 24.0 Å². The molecule has 0 bridgehead atoms. The summed E-state index contributed by atoms with van der Waals surface area (Å²) in [5.41, 5.74) is 2.20. The highest BCUT2D eigenvalue weighted by Crippen LogP contribution is 2.33. The summed E-state index contributed by atoms with van der Waals surface area (Å²) in [4.78, 5) is 16.4. The Kier molecular flexibility index (Phi) is 6.11. The Labute approximate surface area is 185 Å². The van der Waals surface area contributed by atoms with E-state index in [1.165, 1.54) is 28.6 Å². The standard InChI is InChI=1S/C22H20ClN3O4S/c23-18-7-9-20(10-8-18)31(28,29)26-15-19(12-17-5-1-2-6-21(17)26)30-22(27)25-14-16-4-3-11-24-13-16/h1-11,13,19H,12,14-15H2,(H,25,27)/t19-/m0/s1. The first-order valence-corrected chi connectivity index (χ1v) is 11.4. The zero-order valence-electron chi connectivity index (χ0n) is 16.4. The normalized spacial score (nSPS) is 15.8. The Morgan fingerprint density at radius 2 is 1.90 bits per heavy atom. The van der Waals surface area contributed by atoms with Crippen molar-refractivity contribution in [1.29, 1.82) is 0 Å². The van der Waals surface area contributed by atoms with Crippen molar-refractivity contribution in [2.24, 2.45) is 0 Å². The Balaban J connectivity index is 1.53. The number of fused-ring (bicyclic) bond motifs is 1. The van der Waals surface area contributed by atoms with E-state index in [4.69, 9.17) is 16.3 Å². The molecule has 1 amide bonds. The smallest absolute Gasteiger partial charge is 0.407 e. The molecule has 7 nitrogen and oxygen atoms in total. The maximum Gasteiger partial charge on any atom is 0.407 e. The number of carbonyl (C=O) groups is 1. The largest absolute Gasteiger partial charge is 0.444 e. The predicted octanol–water partition coefficient (Wildman–Crippen LogP) is 3.78. The quantitative estimate of drug-likeness (QED) is 0.629. The molecule has 0 radical (unpaired) electrons. The van der Waals surface area contributed by atoms with E-state index in [0.717, 1.165) is 11.1 Å². The number of benzene rings is 2. The van der Waals surface area contributed by atoms with Gasteiger partial charge in [-0.2, -0.15) is 0 Å². The number of pyridine rings is 1. The van der Waals surface area contributed by atoms with Crippen molar-refractivity contribution in [1.82, 2.24) is 10.3 Å². The van der Waals surface area contributed by atoms with Gasteiger partial charge in [-0.05, 0) is 47.5 Å². The third-order valence-corrected chi connectivity index (χ3v) is 6.96. The number of sulfonamides is 1. The monoisotopic (exact) mass is 457 g/mol. The second-order valence-corrected chi connectivity index (χ2v) is 9.36. The zero-order valence-corrected chi connectivity index (χ0v) is 18.0. The lowest BCUT2D eigenvalue weighted by Gasteiger charge is -2.34. The van der Waals surface area contributed by atoms with Crippen LogP contribution in [-0.2, 0) is 27.7 Å². The van der Waals surface area contributed by atoms with Gasteiger partial charge < -0.3 is 10.1 Å². The lowest BCUT2D eigenvalue weighted by atomic mass is 10.0. The van der Waals surface area contributed by atoms with Crippen LogP contribution in [0.2, 0.25) is 5.02 Å². The van der Waals surface area contributed by atoms with Crippen molar-refractivity contribution < 1.29 is 17.9 Å². The summed E-state index contributed by atoms with van der Waals surface area (Å²) in [5.74, 6) is 0. The molecule has 31 heavy (non-hydrogen) atoms. The predicted molar refractivity (Wildman–Crippen MR) is 117 cm³/mol. The van der Waals surface area contributed by atoms with Gasteiger partial charge in [0.25, 0.3) is 10.0 Å². The van der Waals surface area contributed by atoms with Crippen LogP contribution >= 0.6 is 11.6 Å². The number of aromatic nitrogens is 1. The number of hydrogen-bond acceptors (Lipinski definition) is 5. The van der Waals surface area contributed by atoms with Gasteiger partial charge in [-0.3, -0.25) is 9.29 Å². The number of nitrogens with zero attached hydrogens (tertiary/aromatic N) is 2. The van der Waals surface area contributed by atoms with Gasteiger partial charge in [-0.25, -0.2) is 13.2 Å². The number of nitrogens with one attached hydrogen (secondary N) is 1. The fraction of sp³-hybridized carbons (Fsp3) is 0.182. The molecule has 0 spiro atoms. The minimum atomic E-state index is -3.86. The van der Waals surface area contributed by atoms with E-state index in [-0.39, 0.29) is 18.0 Å². The Morgan fingerprint density at radius 3 is 2.65 bits per heavy atom. The highest BCUT2D eigenvalue weighted by Gasteiger charge is 2.34. The van der Waals surface area contributed by atoms with E-state index in [9.17, 15) is 13.2 Å². The molecular formula is C22H20ClN3O4S. The molecule has 1 aromatic heterocycles. The van der Waals surface area contributed by atoms with E-state index < -0.39 is 22.2 Å². The topological polar surface area (TPSA) is 88.6 Å². The number of anilines is 1. The zero-order chi connectivity index (χ0) is 21.8. The first-order chi connectivity index (χ1) is 14.9. The minimum absolute atomic E-state index is 0.0162. The summed E-state index contributed by atoms with van der Waals surface area (Å²) in [7, 11) is -3.86. The molecule has 0 aliphatic carbocycles. The summed E-state index contributed by atoms with van der Waals surface area (Å²) in [6.45, 7) is 0.283. The molecule has 0 saturated carbocycles. The van der Waals surface area contributed by atoms with Crippen molar-refractivity contribution in [3.8, 4) is 0 Å². The molecule has 2 aromatic carbocycles. The fourth-order valence-electron chi connectivity index (χ4n) is 3.43. The van der Waals surface area contributed by atoms with Crippen LogP contribution in [0.15, 0.2) is 78.0 Å². The summed E-state index contributed by atoms with van der Waals surface area (Å²) in [6.07, 6.45) is 2.47. The summed E-state index contributed by atoms with van der Waals surface area (Å²) in [5, 5.41) is 3.13. The van der Waals surface area contributed by atoms with Crippen LogP contribution in [0.3, 0.4) is 0 Å². The molecule has 3 aromatic rings. The summed E-state index contributed by atoms with van der Waals surface area (Å²) < 4.78 is 33.5. The molecule has 1 atom stereocenters. The van der Waals surface area contributed by atoms with Crippen molar-refractivity contribution >= 4 is 33.4 Å².